The molecule has 1 aliphatic carbocycles. The fourth-order valence-electron chi connectivity index (χ4n) is 4.87. The van der Waals surface area contributed by atoms with Crippen molar-refractivity contribution >= 4 is 13.3 Å². The molecule has 0 spiro atoms. The van der Waals surface area contributed by atoms with E-state index in [4.69, 9.17) is 0 Å². The number of aromatic nitrogens is 1. The summed E-state index contributed by atoms with van der Waals surface area (Å²) in [6, 6.07) is 9.62. The van der Waals surface area contributed by atoms with Gasteiger partial charge >= 0.3 is 0 Å². The summed E-state index contributed by atoms with van der Waals surface area (Å²) in [4.78, 5) is 0. The van der Waals surface area contributed by atoms with Crippen LogP contribution < -0.4 is 9.75 Å². The molecule has 28 heavy (non-hydrogen) atoms. The van der Waals surface area contributed by atoms with Gasteiger partial charge in [0.25, 0.3) is 0 Å². The molecular weight excluding hydrogens is 354 g/mol. The Balaban J connectivity index is 2.08. The van der Waals surface area contributed by atoms with E-state index in [0.717, 1.165) is 12.3 Å². The van der Waals surface area contributed by atoms with E-state index in [9.17, 15) is 0 Å². The van der Waals surface area contributed by atoms with Crippen molar-refractivity contribution in [3.63, 3.8) is 0 Å². The lowest BCUT2D eigenvalue weighted by Crippen LogP contribution is -2.47. The topological polar surface area (TPSA) is 3.88 Å². The third-order valence-corrected chi connectivity index (χ3v) is 8.44. The van der Waals surface area contributed by atoms with Gasteiger partial charge in [-0.3, -0.25) is 0 Å². The summed E-state index contributed by atoms with van der Waals surface area (Å²) in [7, 11) is 0.871. The molecule has 1 nitrogen and oxygen atoms in total. The van der Waals surface area contributed by atoms with E-state index in [2.05, 4.69) is 82.5 Å². The zero-order valence-corrected chi connectivity index (χ0v) is 20.2. The highest BCUT2D eigenvalue weighted by atomic mass is 28.3. The van der Waals surface area contributed by atoms with Crippen molar-refractivity contribution in [2.24, 2.45) is 18.9 Å². The molecule has 1 aromatic carbocycles. The molecular formula is C26H40NSi+. The second-order valence-corrected chi connectivity index (χ2v) is 15.6. The number of pyridine rings is 1. The van der Waals surface area contributed by atoms with Crippen LogP contribution in [-0.2, 0) is 19.9 Å². The third kappa shape index (κ3) is 4.95. The summed E-state index contributed by atoms with van der Waals surface area (Å²) in [6.45, 7) is 14.4. The number of aryl methyl sites for hydroxylation is 2. The first kappa shape index (κ1) is 21.3. The van der Waals surface area contributed by atoms with Crippen LogP contribution in [0.4, 0.5) is 0 Å². The Bertz CT molecular complexity index is 823. The van der Waals surface area contributed by atoms with Gasteiger partial charge in [-0.1, -0.05) is 71.3 Å². The molecule has 0 amide bonds. The molecule has 1 fully saturated rings. The number of rotatable bonds is 6. The smallest absolute Gasteiger partial charge is 0.201 e. The Morgan fingerprint density at radius 2 is 1.75 bits per heavy atom. The van der Waals surface area contributed by atoms with Crippen LogP contribution in [0.3, 0.4) is 0 Å². The molecule has 0 aliphatic heterocycles. The second kappa shape index (κ2) is 8.53. The van der Waals surface area contributed by atoms with Gasteiger partial charge in [0, 0.05) is 16.8 Å². The fraction of sp³-hybridized carbons (Fsp3) is 0.577. The normalized spacial score (nSPS) is 15.6. The van der Waals surface area contributed by atoms with Gasteiger partial charge in [0.2, 0.25) is 5.69 Å². The Kier molecular flexibility index (Phi) is 6.49. The average Bonchev–Trinajstić information content (AvgIpc) is 3.10. The van der Waals surface area contributed by atoms with Crippen molar-refractivity contribution in [3.05, 3.63) is 47.2 Å². The van der Waals surface area contributed by atoms with Gasteiger partial charge in [0.05, 0.1) is 8.07 Å². The van der Waals surface area contributed by atoms with E-state index in [-0.39, 0.29) is 0 Å². The Morgan fingerprint density at radius 3 is 2.36 bits per heavy atom. The van der Waals surface area contributed by atoms with E-state index in [1.54, 1.807) is 10.8 Å². The molecule has 0 radical (unpaired) electrons. The Morgan fingerprint density at radius 1 is 1.07 bits per heavy atom. The summed E-state index contributed by atoms with van der Waals surface area (Å²) in [6.07, 6.45) is 10.6. The predicted octanol–water partition coefficient (Wildman–Crippen LogP) is 5.96. The minimum absolute atomic E-state index is 0.691. The molecule has 1 aromatic heterocycles. The van der Waals surface area contributed by atoms with Crippen LogP contribution in [0.15, 0.2) is 30.5 Å². The van der Waals surface area contributed by atoms with Crippen LogP contribution >= 0.6 is 0 Å². The molecule has 0 saturated heterocycles. The molecule has 0 N–H and O–H groups in total. The molecule has 152 valence electrons. The first-order valence-corrected chi connectivity index (χ1v) is 14.8. The summed E-state index contributed by atoms with van der Waals surface area (Å²) >= 11 is 0. The van der Waals surface area contributed by atoms with E-state index in [1.165, 1.54) is 54.5 Å². The summed E-state index contributed by atoms with van der Waals surface area (Å²) < 4.78 is 2.40. The number of benzene rings is 1. The van der Waals surface area contributed by atoms with Crippen LogP contribution in [0.25, 0.3) is 11.3 Å². The standard InChI is InChI=1S/C26H40NSi/c1-19(2)14-22-13-12-20(3)24(16-22)25-17-23(15-21-10-8-9-11-21)26(18-27(25)4)28(5,6)7/h12-13,16-19,21H,8-11,14-15H2,1-7H3/q+1. The second-order valence-electron chi connectivity index (χ2n) is 10.6. The van der Waals surface area contributed by atoms with Crippen LogP contribution in [0.1, 0.15) is 56.2 Å². The number of hydrogen-bond donors (Lipinski definition) is 0. The SMILES string of the molecule is Cc1ccc(CC(C)C)cc1-c1cc(CC2CCCC2)c([Si](C)(C)C)c[n+]1C. The van der Waals surface area contributed by atoms with Gasteiger partial charge in [-0.2, -0.15) is 0 Å². The predicted molar refractivity (Wildman–Crippen MR) is 125 cm³/mol. The lowest BCUT2D eigenvalue weighted by Gasteiger charge is -2.22. The fourth-order valence-corrected chi connectivity index (χ4v) is 6.59. The summed E-state index contributed by atoms with van der Waals surface area (Å²) in [5.74, 6) is 1.58. The Hall–Kier alpha value is -1.41. The third-order valence-electron chi connectivity index (χ3n) is 6.37. The minimum Gasteiger partial charge on any atom is -0.201 e. The minimum atomic E-state index is -1.37. The Labute approximate surface area is 174 Å². The molecule has 1 saturated carbocycles. The van der Waals surface area contributed by atoms with E-state index >= 15 is 0 Å². The summed E-state index contributed by atoms with van der Waals surface area (Å²) in [5, 5.41) is 1.65. The highest BCUT2D eigenvalue weighted by Crippen LogP contribution is 2.30. The van der Waals surface area contributed by atoms with Crippen LogP contribution in [0.2, 0.25) is 19.6 Å². The molecule has 1 heterocycles. The quantitative estimate of drug-likeness (QED) is 0.420. The molecule has 0 unspecified atom stereocenters. The van der Waals surface area contributed by atoms with Crippen LogP contribution in [-0.4, -0.2) is 8.07 Å². The van der Waals surface area contributed by atoms with Gasteiger partial charge in [0.15, 0.2) is 6.20 Å². The summed E-state index contributed by atoms with van der Waals surface area (Å²) in [5.41, 5.74) is 7.28. The molecule has 2 aromatic rings. The van der Waals surface area contributed by atoms with Crippen molar-refractivity contribution in [1.29, 1.82) is 0 Å². The molecule has 0 bridgehead atoms. The van der Waals surface area contributed by atoms with Crippen LogP contribution in [0.5, 0.6) is 0 Å². The number of hydrogen-bond acceptors (Lipinski definition) is 0. The zero-order valence-electron chi connectivity index (χ0n) is 19.2. The van der Waals surface area contributed by atoms with Crippen molar-refractivity contribution < 1.29 is 4.57 Å². The van der Waals surface area contributed by atoms with Gasteiger partial charge in [0.1, 0.15) is 7.05 Å². The van der Waals surface area contributed by atoms with Crippen molar-refractivity contribution in [2.75, 3.05) is 0 Å². The van der Waals surface area contributed by atoms with E-state index in [1.807, 2.05) is 0 Å². The lowest BCUT2D eigenvalue weighted by molar-refractivity contribution is -0.659. The molecule has 0 atom stereocenters. The zero-order chi connectivity index (χ0) is 20.5. The van der Waals surface area contributed by atoms with Gasteiger partial charge in [-0.25, -0.2) is 4.57 Å². The average molecular weight is 395 g/mol. The van der Waals surface area contributed by atoms with E-state index in [0.29, 0.717) is 5.92 Å². The molecule has 3 rings (SSSR count). The number of nitrogens with zero attached hydrogens (tertiary/aromatic N) is 1. The van der Waals surface area contributed by atoms with Crippen molar-refractivity contribution in [1.82, 2.24) is 0 Å². The monoisotopic (exact) mass is 394 g/mol. The van der Waals surface area contributed by atoms with Crippen molar-refractivity contribution in [2.45, 2.75) is 78.9 Å². The van der Waals surface area contributed by atoms with Crippen LogP contribution in [0, 0.1) is 18.8 Å². The maximum atomic E-state index is 2.55. The first-order chi connectivity index (χ1) is 13.1. The maximum Gasteiger partial charge on any atom is 0.212 e. The lowest BCUT2D eigenvalue weighted by atomic mass is 9.94. The van der Waals surface area contributed by atoms with Crippen molar-refractivity contribution in [3.8, 4) is 11.3 Å². The highest BCUT2D eigenvalue weighted by Gasteiger charge is 2.28. The van der Waals surface area contributed by atoms with Gasteiger partial charge in [-0.15, -0.1) is 0 Å². The van der Waals surface area contributed by atoms with Gasteiger partial charge < -0.3 is 0 Å². The maximum absolute atomic E-state index is 2.55. The highest BCUT2D eigenvalue weighted by molar-refractivity contribution is 6.88. The first-order valence-electron chi connectivity index (χ1n) is 11.3. The molecule has 1 aliphatic rings. The van der Waals surface area contributed by atoms with E-state index < -0.39 is 8.07 Å². The largest absolute Gasteiger partial charge is 0.212 e. The molecule has 2 heteroatoms. The van der Waals surface area contributed by atoms with Gasteiger partial charge in [-0.05, 0) is 54.4 Å².